The van der Waals surface area contributed by atoms with Gasteiger partial charge in [-0.2, -0.15) is 0 Å². The van der Waals surface area contributed by atoms with E-state index in [1.807, 2.05) is 0 Å². The third-order valence-corrected chi connectivity index (χ3v) is 5.76. The van der Waals surface area contributed by atoms with Crippen molar-refractivity contribution in [2.75, 3.05) is 45.8 Å². The molecule has 0 aliphatic carbocycles. The predicted molar refractivity (Wildman–Crippen MR) is 103 cm³/mol. The Balaban J connectivity index is 1.83. The highest BCUT2D eigenvalue weighted by molar-refractivity contribution is 5.39. The summed E-state index contributed by atoms with van der Waals surface area (Å²) in [4.78, 5) is 5.36. The minimum atomic E-state index is -0.0806. The molecule has 2 heterocycles. The molecule has 1 unspecified atom stereocenters. The summed E-state index contributed by atoms with van der Waals surface area (Å²) >= 11 is 0. The molecule has 3 heteroatoms. The summed E-state index contributed by atoms with van der Waals surface area (Å²) in [6, 6.07) is 23.0. The van der Waals surface area contributed by atoms with Gasteiger partial charge in [0.2, 0.25) is 0 Å². The second kappa shape index (κ2) is 7.69. The Morgan fingerprint density at radius 2 is 1.48 bits per heavy atom. The molecule has 2 aliphatic rings. The molecule has 0 aromatic heterocycles. The van der Waals surface area contributed by atoms with Gasteiger partial charge in [0.1, 0.15) is 0 Å². The Morgan fingerprint density at radius 1 is 0.840 bits per heavy atom. The number of likely N-dealkylation sites (tertiary alicyclic amines) is 1. The largest absolute Gasteiger partial charge is 0.314 e. The zero-order chi connectivity index (χ0) is 17.0. The Bertz CT molecular complexity index is 604. The number of nitrogens with zero attached hydrogens (tertiary/aromatic N) is 2. The lowest BCUT2D eigenvalue weighted by molar-refractivity contribution is 0.0709. The second-order valence-corrected chi connectivity index (χ2v) is 7.24. The first-order valence-corrected chi connectivity index (χ1v) is 9.60. The van der Waals surface area contributed by atoms with Crippen LogP contribution in [0.5, 0.6) is 0 Å². The van der Waals surface area contributed by atoms with Gasteiger partial charge in [0, 0.05) is 32.7 Å². The minimum Gasteiger partial charge on any atom is -0.314 e. The van der Waals surface area contributed by atoms with Gasteiger partial charge in [-0.1, -0.05) is 54.6 Å². The van der Waals surface area contributed by atoms with Crippen LogP contribution in [0, 0.1) is 6.07 Å². The predicted octanol–water partition coefficient (Wildman–Crippen LogP) is 2.73. The fraction of sp³-hybridized carbons (Fsp3) is 0.455. The van der Waals surface area contributed by atoms with E-state index in [-0.39, 0.29) is 5.54 Å². The molecular weight excluding hydrogens is 306 g/mol. The molecule has 0 bridgehead atoms. The van der Waals surface area contributed by atoms with E-state index < -0.39 is 0 Å². The fourth-order valence-corrected chi connectivity index (χ4v) is 4.50. The lowest BCUT2D eigenvalue weighted by atomic mass is 9.80. The van der Waals surface area contributed by atoms with E-state index in [1.54, 1.807) is 0 Å². The summed E-state index contributed by atoms with van der Waals surface area (Å²) in [6.45, 7) is 7.81. The highest BCUT2D eigenvalue weighted by Crippen LogP contribution is 2.38. The molecule has 131 valence electrons. The lowest BCUT2D eigenvalue weighted by Gasteiger charge is -2.48. The minimum absolute atomic E-state index is 0.0806. The van der Waals surface area contributed by atoms with Crippen molar-refractivity contribution >= 4 is 0 Å². The summed E-state index contributed by atoms with van der Waals surface area (Å²) in [6.07, 6.45) is 2.66. The number of nitrogens with one attached hydrogen (secondary N) is 1. The second-order valence-electron chi connectivity index (χ2n) is 7.24. The van der Waals surface area contributed by atoms with Gasteiger partial charge >= 0.3 is 0 Å². The molecule has 1 radical (unpaired) electrons. The molecule has 1 N–H and O–H groups in total. The van der Waals surface area contributed by atoms with E-state index in [0.29, 0.717) is 0 Å². The number of rotatable bonds is 5. The van der Waals surface area contributed by atoms with Gasteiger partial charge in [-0.15, -0.1) is 0 Å². The fourth-order valence-electron chi connectivity index (χ4n) is 4.50. The van der Waals surface area contributed by atoms with Crippen LogP contribution in [-0.4, -0.2) is 55.6 Å². The van der Waals surface area contributed by atoms with Crippen molar-refractivity contribution in [2.24, 2.45) is 0 Å². The average Bonchev–Trinajstić information content (AvgIpc) is 3.21. The van der Waals surface area contributed by atoms with E-state index in [9.17, 15) is 0 Å². The van der Waals surface area contributed by atoms with Gasteiger partial charge in [-0.3, -0.25) is 4.90 Å². The molecule has 2 aromatic rings. The molecule has 0 saturated carbocycles. The summed E-state index contributed by atoms with van der Waals surface area (Å²) in [5.74, 6) is 0. The molecule has 0 spiro atoms. The zero-order valence-electron chi connectivity index (χ0n) is 15.0. The van der Waals surface area contributed by atoms with Gasteiger partial charge in [-0.05, 0) is 43.1 Å². The van der Waals surface area contributed by atoms with Gasteiger partial charge in [0.05, 0.1) is 5.54 Å². The Morgan fingerprint density at radius 3 is 2.16 bits per heavy atom. The van der Waals surface area contributed by atoms with Crippen molar-refractivity contribution in [2.45, 2.75) is 18.4 Å². The van der Waals surface area contributed by atoms with E-state index in [1.165, 1.54) is 37.1 Å². The SMILES string of the molecule is [c]1ccc(C(CN2CCCC2)(c2ccccc2)N2CCNCC2)cc1. The van der Waals surface area contributed by atoms with Crippen LogP contribution in [0.1, 0.15) is 24.0 Å². The molecular formula is C22H28N3. The van der Waals surface area contributed by atoms with Crippen LogP contribution >= 0.6 is 0 Å². The van der Waals surface area contributed by atoms with E-state index >= 15 is 0 Å². The monoisotopic (exact) mass is 334 g/mol. The first-order valence-electron chi connectivity index (χ1n) is 9.60. The Labute approximate surface area is 151 Å². The van der Waals surface area contributed by atoms with Crippen molar-refractivity contribution in [3.63, 3.8) is 0 Å². The molecule has 2 fully saturated rings. The summed E-state index contributed by atoms with van der Waals surface area (Å²) < 4.78 is 0. The van der Waals surface area contributed by atoms with Gasteiger partial charge in [0.25, 0.3) is 0 Å². The Hall–Kier alpha value is -1.68. The number of piperazine rings is 1. The average molecular weight is 334 g/mol. The summed E-state index contributed by atoms with van der Waals surface area (Å²) in [5.41, 5.74) is 2.73. The van der Waals surface area contributed by atoms with E-state index in [0.717, 1.165) is 32.7 Å². The number of hydrogen-bond donors (Lipinski definition) is 1. The maximum Gasteiger partial charge on any atom is 0.0845 e. The number of hydrogen-bond acceptors (Lipinski definition) is 3. The Kier molecular flexibility index (Phi) is 5.16. The van der Waals surface area contributed by atoms with Crippen LogP contribution in [0.2, 0.25) is 0 Å². The number of benzene rings is 2. The highest BCUT2D eigenvalue weighted by Gasteiger charge is 2.42. The molecule has 4 rings (SSSR count). The van der Waals surface area contributed by atoms with Crippen LogP contribution in [0.15, 0.2) is 54.6 Å². The molecule has 2 aliphatic heterocycles. The summed E-state index contributed by atoms with van der Waals surface area (Å²) in [7, 11) is 0. The van der Waals surface area contributed by atoms with Crippen LogP contribution in [-0.2, 0) is 5.54 Å². The standard InChI is InChI=1S/C22H28N3/c1-3-9-20(10-4-1)22(19-24-15-7-8-16-24,21-11-5-2-6-12-21)25-17-13-23-14-18-25/h1,3-6,9-12,23H,7-8,13-19H2. The van der Waals surface area contributed by atoms with Crippen LogP contribution < -0.4 is 5.32 Å². The third-order valence-electron chi connectivity index (χ3n) is 5.76. The quantitative estimate of drug-likeness (QED) is 0.907. The topological polar surface area (TPSA) is 18.5 Å². The lowest BCUT2D eigenvalue weighted by Crippen LogP contribution is -2.59. The van der Waals surface area contributed by atoms with E-state index in [4.69, 9.17) is 0 Å². The molecule has 0 amide bonds. The normalized spacial score (nSPS) is 20.0. The van der Waals surface area contributed by atoms with Gasteiger partial charge in [-0.25, -0.2) is 0 Å². The van der Waals surface area contributed by atoms with Crippen molar-refractivity contribution in [3.05, 3.63) is 71.8 Å². The first kappa shape index (κ1) is 16.8. The molecule has 1 atom stereocenters. The molecule has 2 aromatic carbocycles. The van der Waals surface area contributed by atoms with E-state index in [2.05, 4.69) is 75.8 Å². The van der Waals surface area contributed by atoms with Gasteiger partial charge < -0.3 is 10.2 Å². The zero-order valence-corrected chi connectivity index (χ0v) is 15.0. The van der Waals surface area contributed by atoms with Gasteiger partial charge in [0.15, 0.2) is 0 Å². The van der Waals surface area contributed by atoms with Crippen molar-refractivity contribution in [3.8, 4) is 0 Å². The highest BCUT2D eigenvalue weighted by atomic mass is 15.3. The third kappa shape index (κ3) is 3.37. The first-order chi connectivity index (χ1) is 12.4. The van der Waals surface area contributed by atoms with Crippen LogP contribution in [0.25, 0.3) is 0 Å². The maximum absolute atomic E-state index is 3.52. The van der Waals surface area contributed by atoms with Crippen LogP contribution in [0.4, 0.5) is 0 Å². The van der Waals surface area contributed by atoms with Crippen molar-refractivity contribution < 1.29 is 0 Å². The van der Waals surface area contributed by atoms with Crippen molar-refractivity contribution in [1.82, 2.24) is 15.1 Å². The molecule has 25 heavy (non-hydrogen) atoms. The van der Waals surface area contributed by atoms with Crippen molar-refractivity contribution in [1.29, 1.82) is 0 Å². The smallest absolute Gasteiger partial charge is 0.0845 e. The van der Waals surface area contributed by atoms with Crippen LogP contribution in [0.3, 0.4) is 0 Å². The summed E-state index contributed by atoms with van der Waals surface area (Å²) in [5, 5.41) is 3.52. The molecule has 2 saturated heterocycles. The molecule has 3 nitrogen and oxygen atoms in total. The maximum atomic E-state index is 3.52.